The Morgan fingerprint density at radius 1 is 0.811 bits per heavy atom. The molecule has 4 saturated heterocycles. The Hall–Kier alpha value is -3.01. The highest BCUT2D eigenvalue weighted by atomic mass is 16.6. The van der Waals surface area contributed by atoms with Crippen molar-refractivity contribution in [3.8, 4) is 0 Å². The second-order valence-corrected chi connectivity index (χ2v) is 16.3. The Labute approximate surface area is 318 Å². The largest absolute Gasteiger partial charge is 0.466 e. The lowest BCUT2D eigenvalue weighted by molar-refractivity contribution is -0.154. The van der Waals surface area contributed by atoms with Gasteiger partial charge in [0.1, 0.15) is 6.10 Å². The van der Waals surface area contributed by atoms with E-state index < -0.39 is 6.10 Å². The number of cyclic esters (lactones) is 1. The third kappa shape index (κ3) is 13.7. The first kappa shape index (κ1) is 41.2. The summed E-state index contributed by atoms with van der Waals surface area (Å²) in [5, 5.41) is 0. The van der Waals surface area contributed by atoms with Crippen LogP contribution in [0.2, 0.25) is 0 Å². The Bertz CT molecular complexity index is 1350. The van der Waals surface area contributed by atoms with Gasteiger partial charge in [0.2, 0.25) is 5.91 Å². The molecule has 294 valence electrons. The number of hydrogen-bond acceptors (Lipinski definition) is 8. The number of hydrogen-bond donors (Lipinski definition) is 0. The minimum atomic E-state index is -0.466. The molecule has 0 saturated carbocycles. The first-order valence-electron chi connectivity index (χ1n) is 20.6. The van der Waals surface area contributed by atoms with Crippen LogP contribution in [0.25, 0.3) is 0 Å². The summed E-state index contributed by atoms with van der Waals surface area (Å²) < 4.78 is 24.0. The molecule has 0 aromatic rings. The highest BCUT2D eigenvalue weighted by Gasteiger charge is 2.33. The van der Waals surface area contributed by atoms with Gasteiger partial charge < -0.3 is 28.7 Å². The number of nitrogens with zero attached hydrogens (tertiary/aromatic N) is 2. The van der Waals surface area contributed by atoms with Crippen molar-refractivity contribution in [2.45, 2.75) is 154 Å². The number of methoxy groups -OCH3 is 1. The number of rotatable bonds is 7. The van der Waals surface area contributed by atoms with E-state index in [-0.39, 0.29) is 54.6 Å². The van der Waals surface area contributed by atoms with Crippen LogP contribution in [0.3, 0.4) is 0 Å². The zero-order valence-corrected chi connectivity index (χ0v) is 32.9. The summed E-state index contributed by atoms with van der Waals surface area (Å²) in [4.78, 5) is 43.4. The van der Waals surface area contributed by atoms with Crippen LogP contribution in [-0.4, -0.2) is 97.5 Å². The summed E-state index contributed by atoms with van der Waals surface area (Å²) in [5.41, 5.74) is 1.96. The van der Waals surface area contributed by atoms with Gasteiger partial charge in [0.25, 0.3) is 0 Å². The van der Waals surface area contributed by atoms with Crippen molar-refractivity contribution >= 4 is 17.8 Å². The molecule has 0 aromatic carbocycles. The average Bonchev–Trinajstić information content (AvgIpc) is 3.43. The zero-order chi connectivity index (χ0) is 37.6. The Morgan fingerprint density at radius 2 is 1.51 bits per heavy atom. The molecule has 0 spiro atoms. The van der Waals surface area contributed by atoms with E-state index in [1.165, 1.54) is 45.9 Å². The molecule has 5 rings (SSSR count). The van der Waals surface area contributed by atoms with Crippen molar-refractivity contribution in [1.29, 1.82) is 0 Å². The third-order valence-corrected chi connectivity index (χ3v) is 11.7. The van der Waals surface area contributed by atoms with Crippen molar-refractivity contribution < 1.29 is 33.3 Å². The fourth-order valence-corrected chi connectivity index (χ4v) is 8.74. The fraction of sp³-hybridized carbons (Fsp3) is 0.705. The fourth-order valence-electron chi connectivity index (χ4n) is 8.74. The van der Waals surface area contributed by atoms with Crippen molar-refractivity contribution in [2.75, 3.05) is 33.3 Å². The second kappa shape index (κ2) is 21.2. The first-order chi connectivity index (χ1) is 25.6. The van der Waals surface area contributed by atoms with Crippen LogP contribution in [0.5, 0.6) is 0 Å². The van der Waals surface area contributed by atoms with E-state index in [1.807, 2.05) is 42.2 Å². The van der Waals surface area contributed by atoms with E-state index >= 15 is 0 Å². The van der Waals surface area contributed by atoms with Crippen LogP contribution in [0.4, 0.5) is 0 Å². The Balaban J connectivity index is 1.19. The predicted octanol–water partition coefficient (Wildman–Crippen LogP) is 7.81. The van der Waals surface area contributed by atoms with Crippen LogP contribution < -0.4 is 0 Å². The average molecular weight is 735 g/mol. The van der Waals surface area contributed by atoms with Gasteiger partial charge in [-0.15, -0.1) is 0 Å². The molecule has 53 heavy (non-hydrogen) atoms. The number of likely N-dealkylation sites (tertiary alicyclic amines) is 2. The summed E-state index contributed by atoms with van der Waals surface area (Å²) in [6.45, 7) is 10.4. The number of allylic oxidation sites excluding steroid dienone is 5. The number of amides is 1. The highest BCUT2D eigenvalue weighted by Crippen LogP contribution is 2.34. The monoisotopic (exact) mass is 734 g/mol. The molecule has 4 bridgehead atoms. The van der Waals surface area contributed by atoms with Crippen molar-refractivity contribution in [3.05, 3.63) is 59.8 Å². The van der Waals surface area contributed by atoms with Gasteiger partial charge in [0.15, 0.2) is 0 Å². The molecule has 4 fully saturated rings. The Morgan fingerprint density at radius 3 is 2.25 bits per heavy atom. The molecule has 0 N–H and O–H groups in total. The van der Waals surface area contributed by atoms with E-state index in [1.54, 1.807) is 6.08 Å². The Kier molecular flexibility index (Phi) is 16.4. The van der Waals surface area contributed by atoms with Crippen molar-refractivity contribution in [3.63, 3.8) is 0 Å². The molecule has 1 amide bonds. The normalized spacial score (nSPS) is 33.5. The van der Waals surface area contributed by atoms with Crippen LogP contribution in [0.1, 0.15) is 117 Å². The maximum absolute atomic E-state index is 13.4. The maximum atomic E-state index is 13.4. The summed E-state index contributed by atoms with van der Waals surface area (Å²) >= 11 is 0. The van der Waals surface area contributed by atoms with Gasteiger partial charge in [-0.2, -0.15) is 0 Å². The minimum absolute atomic E-state index is 0.0489. The number of fused-ring (bicyclic) bond motifs is 4. The van der Waals surface area contributed by atoms with E-state index in [4.69, 9.17) is 18.9 Å². The van der Waals surface area contributed by atoms with Crippen LogP contribution >= 0.6 is 0 Å². The molecule has 5 aliphatic heterocycles. The lowest BCUT2D eigenvalue weighted by Gasteiger charge is -2.38. The molecular weight excluding hydrogens is 668 g/mol. The standard InChI is InChI=1S/C44H66N2O7/c1-32(26-42(47)46-23-19-36(20-24-46)45-21-10-5-6-11-22-45)13-8-7-9-16-41-34(3)18-17-33(2)25-37-14-12-15-38(51-37)30-39-27-35(29-43(48)50-4)28-40(52-39)31-44(49)53-41/h7-9,13,16-18,29,33-34,36-41H,5-6,10-12,14-15,19-28,30-31H2,1-4H3/b8-7-,16-9+,18-17+,32-13+,35-29-. The summed E-state index contributed by atoms with van der Waals surface area (Å²) in [5.74, 6) is -0.236. The quantitative estimate of drug-likeness (QED) is 0.113. The molecule has 9 nitrogen and oxygen atoms in total. The number of ether oxygens (including phenoxy) is 4. The van der Waals surface area contributed by atoms with Crippen LogP contribution in [0, 0.1) is 11.8 Å². The van der Waals surface area contributed by atoms with Crippen molar-refractivity contribution in [1.82, 2.24) is 9.80 Å². The lowest BCUT2D eigenvalue weighted by atomic mass is 9.89. The van der Waals surface area contributed by atoms with Gasteiger partial charge >= 0.3 is 11.9 Å². The summed E-state index contributed by atoms with van der Waals surface area (Å²) in [7, 11) is 1.38. The molecule has 0 aliphatic carbocycles. The highest BCUT2D eigenvalue weighted by molar-refractivity contribution is 5.82. The van der Waals surface area contributed by atoms with Crippen LogP contribution in [-0.2, 0) is 33.3 Å². The van der Waals surface area contributed by atoms with E-state index in [2.05, 4.69) is 30.9 Å². The van der Waals surface area contributed by atoms with E-state index in [0.29, 0.717) is 31.2 Å². The molecule has 7 atom stereocenters. The van der Waals surface area contributed by atoms with Gasteiger partial charge in [-0.1, -0.05) is 74.3 Å². The first-order valence-corrected chi connectivity index (χ1v) is 20.6. The smallest absolute Gasteiger partial charge is 0.330 e. The van der Waals surface area contributed by atoms with Gasteiger partial charge in [0.05, 0.1) is 37.9 Å². The predicted molar refractivity (Wildman–Crippen MR) is 208 cm³/mol. The van der Waals surface area contributed by atoms with Gasteiger partial charge in [-0.05, 0) is 96.2 Å². The molecule has 7 unspecified atom stereocenters. The molecular formula is C44H66N2O7. The molecule has 5 heterocycles. The number of piperidine rings is 1. The van der Waals surface area contributed by atoms with E-state index in [0.717, 1.165) is 69.2 Å². The van der Waals surface area contributed by atoms with Crippen molar-refractivity contribution in [2.24, 2.45) is 11.8 Å². The summed E-state index contributed by atoms with van der Waals surface area (Å²) in [6.07, 6.45) is 28.9. The molecule has 0 radical (unpaired) electrons. The third-order valence-electron chi connectivity index (χ3n) is 11.7. The topological polar surface area (TPSA) is 94.6 Å². The molecule has 9 heteroatoms. The van der Waals surface area contributed by atoms with E-state index in [9.17, 15) is 14.4 Å². The minimum Gasteiger partial charge on any atom is -0.466 e. The SMILES string of the molecule is COC(=O)/C=C1\CC2CC(=O)OC(/C=C/C=C\C=C(/C)CC(=O)N3CCC(N4CCCCCC4)CC3)C(C)/C=C/C(C)CC3CCCC(CC(C1)O2)O3. The zero-order valence-electron chi connectivity index (χ0n) is 32.9. The second-order valence-electron chi connectivity index (χ2n) is 16.3. The van der Waals surface area contributed by atoms with Gasteiger partial charge in [-0.3, -0.25) is 9.59 Å². The number of carbonyl (C=O) groups is 3. The number of esters is 2. The lowest BCUT2D eigenvalue weighted by Crippen LogP contribution is -2.47. The van der Waals surface area contributed by atoms with Crippen LogP contribution in [0.15, 0.2) is 59.8 Å². The van der Waals surface area contributed by atoms with Gasteiger partial charge in [0, 0.05) is 44.0 Å². The van der Waals surface area contributed by atoms with Gasteiger partial charge in [-0.25, -0.2) is 4.79 Å². The number of carbonyl (C=O) groups excluding carboxylic acids is 3. The molecule has 0 aromatic heterocycles. The summed E-state index contributed by atoms with van der Waals surface area (Å²) in [6, 6.07) is 0.624. The molecule has 5 aliphatic rings. The maximum Gasteiger partial charge on any atom is 0.330 e.